The summed E-state index contributed by atoms with van der Waals surface area (Å²) in [5.74, 6) is -0.785. The number of halogens is 1. The van der Waals surface area contributed by atoms with Crippen molar-refractivity contribution in [2.24, 2.45) is 0 Å². The molecule has 3 unspecified atom stereocenters. The molecule has 25 heavy (non-hydrogen) atoms. The molecule has 0 spiro atoms. The van der Waals surface area contributed by atoms with Crippen LogP contribution in [0.1, 0.15) is 37.7 Å². The molecular formula is C18H25FNO4S+. The summed E-state index contributed by atoms with van der Waals surface area (Å²) in [6.07, 6.45) is 5.14. The monoisotopic (exact) mass is 370 g/mol. The van der Waals surface area contributed by atoms with Crippen LogP contribution in [0.2, 0.25) is 0 Å². The number of carbonyl (C=O) groups excluding carboxylic acids is 2. The Morgan fingerprint density at radius 1 is 1.24 bits per heavy atom. The van der Waals surface area contributed by atoms with Crippen molar-refractivity contribution in [1.29, 1.82) is 0 Å². The predicted molar refractivity (Wildman–Crippen MR) is 92.8 cm³/mol. The molecule has 0 radical (unpaired) electrons. The van der Waals surface area contributed by atoms with Crippen LogP contribution < -0.4 is 4.90 Å². The smallest absolute Gasteiger partial charge is 0.320 e. The minimum atomic E-state index is -1.36. The molecule has 1 saturated heterocycles. The molecule has 0 bridgehead atoms. The first-order valence-electron chi connectivity index (χ1n) is 8.58. The Bertz CT molecular complexity index is 620. The summed E-state index contributed by atoms with van der Waals surface area (Å²) < 4.78 is 29.4. The normalized spacial score (nSPS) is 20.8. The molecule has 1 heterocycles. The largest absolute Gasteiger partial charge is 0.468 e. The summed E-state index contributed by atoms with van der Waals surface area (Å²) >= 11 is 0. The SMILES string of the molecule is COC(=O)CS(=O)C1CC(=O)[NH+]1CCCCCCc1ccc(F)cc1. The third-order valence-electron chi connectivity index (χ3n) is 4.50. The Kier molecular flexibility index (Phi) is 7.71. The standard InChI is InChI=1S/C18H24FNO4S/c1-24-18(22)13-25(23)17-12-16(21)20(17)11-5-3-2-4-6-14-7-9-15(19)10-8-14/h7-10,17H,2-6,11-13H2,1H3/p+1. The summed E-state index contributed by atoms with van der Waals surface area (Å²) in [5, 5.41) is -0.272. The van der Waals surface area contributed by atoms with Crippen LogP contribution in [0.5, 0.6) is 0 Å². The van der Waals surface area contributed by atoms with Crippen molar-refractivity contribution >= 4 is 22.7 Å². The summed E-state index contributed by atoms with van der Waals surface area (Å²) in [5.41, 5.74) is 1.13. The van der Waals surface area contributed by atoms with Gasteiger partial charge < -0.3 is 4.74 Å². The minimum absolute atomic E-state index is 0.0783. The van der Waals surface area contributed by atoms with Crippen molar-refractivity contribution in [3.63, 3.8) is 0 Å². The highest BCUT2D eigenvalue weighted by atomic mass is 32.2. The highest BCUT2D eigenvalue weighted by Crippen LogP contribution is 2.09. The molecule has 1 fully saturated rings. The van der Waals surface area contributed by atoms with E-state index in [1.165, 1.54) is 19.2 Å². The lowest BCUT2D eigenvalue weighted by Crippen LogP contribution is -3.25. The third kappa shape index (κ3) is 6.01. The van der Waals surface area contributed by atoms with Gasteiger partial charge in [-0.2, -0.15) is 0 Å². The number of rotatable bonds is 10. The van der Waals surface area contributed by atoms with Gasteiger partial charge in [0.1, 0.15) is 18.0 Å². The van der Waals surface area contributed by atoms with E-state index in [1.807, 2.05) is 0 Å². The molecule has 7 heteroatoms. The molecule has 1 amide bonds. The Labute approximate surface area is 150 Å². The molecule has 3 atom stereocenters. The zero-order valence-corrected chi connectivity index (χ0v) is 15.3. The van der Waals surface area contributed by atoms with Crippen LogP contribution in [0.3, 0.4) is 0 Å². The van der Waals surface area contributed by atoms with Crippen molar-refractivity contribution in [1.82, 2.24) is 0 Å². The first-order chi connectivity index (χ1) is 12.0. The van der Waals surface area contributed by atoms with Crippen LogP contribution in [-0.4, -0.2) is 40.9 Å². The summed E-state index contributed by atoms with van der Waals surface area (Å²) in [4.78, 5) is 23.6. The maximum Gasteiger partial charge on any atom is 0.320 e. The lowest BCUT2D eigenvalue weighted by atomic mass is 10.1. The van der Waals surface area contributed by atoms with E-state index in [-0.39, 0.29) is 29.3 Å². The Morgan fingerprint density at radius 3 is 2.56 bits per heavy atom. The van der Waals surface area contributed by atoms with Crippen LogP contribution in [0.4, 0.5) is 4.39 Å². The number of hydrogen-bond donors (Lipinski definition) is 1. The zero-order valence-electron chi connectivity index (χ0n) is 14.5. The number of nitrogens with one attached hydrogen (secondary N) is 1. The van der Waals surface area contributed by atoms with E-state index < -0.39 is 16.8 Å². The third-order valence-corrected chi connectivity index (χ3v) is 6.10. The van der Waals surface area contributed by atoms with Gasteiger partial charge in [0.2, 0.25) is 0 Å². The number of amides is 1. The fourth-order valence-corrected chi connectivity index (χ4v) is 4.40. The van der Waals surface area contributed by atoms with E-state index >= 15 is 0 Å². The maximum absolute atomic E-state index is 12.8. The fraction of sp³-hybridized carbons (Fsp3) is 0.556. The number of benzene rings is 1. The summed E-state index contributed by atoms with van der Waals surface area (Å²) in [6.45, 7) is 0.660. The maximum atomic E-state index is 12.8. The Balaban J connectivity index is 1.61. The van der Waals surface area contributed by atoms with Gasteiger partial charge in [-0.3, -0.25) is 13.9 Å². The molecule has 1 aliphatic rings. The minimum Gasteiger partial charge on any atom is -0.468 e. The van der Waals surface area contributed by atoms with Crippen LogP contribution >= 0.6 is 0 Å². The number of esters is 1. The molecular weight excluding hydrogens is 345 g/mol. The van der Waals surface area contributed by atoms with Crippen molar-refractivity contribution in [3.8, 4) is 0 Å². The molecule has 5 nitrogen and oxygen atoms in total. The van der Waals surface area contributed by atoms with Gasteiger partial charge in [0.05, 0.1) is 24.5 Å². The van der Waals surface area contributed by atoms with E-state index in [0.717, 1.165) is 42.6 Å². The predicted octanol–water partition coefficient (Wildman–Crippen LogP) is 0.992. The van der Waals surface area contributed by atoms with Crippen molar-refractivity contribution in [2.45, 2.75) is 43.9 Å². The number of ether oxygens (including phenoxy) is 1. The van der Waals surface area contributed by atoms with Gasteiger partial charge in [-0.1, -0.05) is 18.6 Å². The van der Waals surface area contributed by atoms with E-state index in [0.29, 0.717) is 6.54 Å². The van der Waals surface area contributed by atoms with Crippen molar-refractivity contribution in [2.75, 3.05) is 19.4 Å². The highest BCUT2D eigenvalue weighted by molar-refractivity contribution is 7.86. The molecule has 1 aromatic carbocycles. The molecule has 138 valence electrons. The van der Waals surface area contributed by atoms with E-state index in [4.69, 9.17) is 0 Å². The second-order valence-electron chi connectivity index (χ2n) is 6.28. The number of likely N-dealkylation sites (tertiary alicyclic amines) is 1. The number of β-lactam (4-membered cyclic amide) rings is 1. The van der Waals surface area contributed by atoms with E-state index in [9.17, 15) is 18.2 Å². The van der Waals surface area contributed by atoms with Crippen LogP contribution in [0.25, 0.3) is 0 Å². The topological polar surface area (TPSA) is 64.9 Å². The van der Waals surface area contributed by atoms with Crippen LogP contribution in [0, 0.1) is 5.82 Å². The average Bonchev–Trinajstić information content (AvgIpc) is 2.59. The molecule has 1 aromatic rings. The lowest BCUT2D eigenvalue weighted by molar-refractivity contribution is -0.861. The Hall–Kier alpha value is -1.60. The van der Waals surface area contributed by atoms with Gasteiger partial charge in [-0.05, 0) is 43.4 Å². The Morgan fingerprint density at radius 2 is 1.92 bits per heavy atom. The first-order valence-corrected chi connectivity index (χ1v) is 9.97. The van der Waals surface area contributed by atoms with Gasteiger partial charge in [0, 0.05) is 0 Å². The van der Waals surface area contributed by atoms with E-state index in [2.05, 4.69) is 4.74 Å². The van der Waals surface area contributed by atoms with Crippen LogP contribution in [0.15, 0.2) is 24.3 Å². The number of hydrogen-bond acceptors (Lipinski definition) is 4. The fourth-order valence-electron chi connectivity index (χ4n) is 2.95. The van der Waals surface area contributed by atoms with Gasteiger partial charge in [-0.25, -0.2) is 9.18 Å². The van der Waals surface area contributed by atoms with E-state index in [1.54, 1.807) is 12.1 Å². The van der Waals surface area contributed by atoms with Crippen molar-refractivity contribution in [3.05, 3.63) is 35.6 Å². The number of quaternary nitrogens is 1. The molecule has 0 saturated carbocycles. The molecule has 2 rings (SSSR count). The highest BCUT2D eigenvalue weighted by Gasteiger charge is 2.46. The average molecular weight is 370 g/mol. The second-order valence-corrected chi connectivity index (χ2v) is 7.90. The summed E-state index contributed by atoms with van der Waals surface area (Å²) in [6, 6.07) is 6.56. The number of aryl methyl sites for hydroxylation is 1. The van der Waals surface area contributed by atoms with Gasteiger partial charge >= 0.3 is 11.9 Å². The quantitative estimate of drug-likeness (QED) is 0.379. The van der Waals surface area contributed by atoms with Crippen molar-refractivity contribution < 1.29 is 27.8 Å². The number of carbonyl (C=O) groups is 2. The van der Waals surface area contributed by atoms with Crippen LogP contribution in [-0.2, 0) is 31.5 Å². The zero-order chi connectivity index (χ0) is 18.2. The molecule has 0 aromatic heterocycles. The number of unbranched alkanes of at least 4 members (excludes halogenated alkanes) is 3. The second kappa shape index (κ2) is 9.77. The molecule has 0 aliphatic carbocycles. The number of methoxy groups -OCH3 is 1. The molecule has 1 N–H and O–H groups in total. The summed E-state index contributed by atoms with van der Waals surface area (Å²) in [7, 11) is -0.0916. The molecule has 1 aliphatic heterocycles. The van der Waals surface area contributed by atoms with Gasteiger partial charge in [0.25, 0.3) is 0 Å². The lowest BCUT2D eigenvalue weighted by Gasteiger charge is -2.33. The van der Waals surface area contributed by atoms with Gasteiger partial charge in [0.15, 0.2) is 5.37 Å². The first kappa shape index (κ1) is 19.7. The van der Waals surface area contributed by atoms with Gasteiger partial charge in [-0.15, -0.1) is 0 Å².